The highest BCUT2D eigenvalue weighted by Crippen LogP contribution is 2.37. The van der Waals surface area contributed by atoms with Crippen molar-refractivity contribution in [1.29, 1.82) is 0 Å². The molecule has 0 unspecified atom stereocenters. The van der Waals surface area contributed by atoms with Crippen molar-refractivity contribution in [3.63, 3.8) is 0 Å². The highest BCUT2D eigenvalue weighted by Gasteiger charge is 2.49. The smallest absolute Gasteiger partial charge is 0.597 e. The first-order valence-electron chi connectivity index (χ1n) is 9.91. The Morgan fingerprint density at radius 3 is 1.33 bits per heavy atom. The van der Waals surface area contributed by atoms with Crippen LogP contribution < -0.4 is 3.79 Å². The molecule has 0 N–H and O–H groups in total. The van der Waals surface area contributed by atoms with E-state index in [-0.39, 0.29) is 0 Å². The van der Waals surface area contributed by atoms with Gasteiger partial charge in [0.05, 0.1) is 10.0 Å². The largest absolute Gasteiger partial charge is 0.979 e. The molecule has 0 saturated heterocycles. The highest BCUT2D eigenvalue weighted by molar-refractivity contribution is 6.82. The van der Waals surface area contributed by atoms with Gasteiger partial charge in [0.15, 0.2) is 16.6 Å². The molecular formula is C18H32AlCl3O3Si2. The zero-order valence-electron chi connectivity index (χ0n) is 17.3. The summed E-state index contributed by atoms with van der Waals surface area (Å²) in [6, 6.07) is 9.52. The number of hydrogen-bond donors (Lipinski definition) is 0. The lowest BCUT2D eigenvalue weighted by Gasteiger charge is -2.36. The van der Waals surface area contributed by atoms with Crippen LogP contribution in [-0.4, -0.2) is 31.8 Å². The first-order valence-corrected chi connectivity index (χ1v) is 17.5. The maximum atomic E-state index is 6.71. The van der Waals surface area contributed by atoms with Crippen LogP contribution in [0.5, 0.6) is 5.75 Å². The average Bonchev–Trinajstić information content (AvgIpc) is 2.66. The molecule has 0 aliphatic heterocycles. The molecule has 0 bridgehead atoms. The second-order valence-electron chi connectivity index (χ2n) is 6.83. The number of halogens is 3. The van der Waals surface area contributed by atoms with Crippen LogP contribution in [0.25, 0.3) is 0 Å². The third-order valence-electron chi connectivity index (χ3n) is 5.74. The van der Waals surface area contributed by atoms with Gasteiger partial charge in [-0.3, -0.25) is 0 Å². The summed E-state index contributed by atoms with van der Waals surface area (Å²) in [7, 11) is -3.79. The Morgan fingerprint density at radius 2 is 1.04 bits per heavy atom. The Bertz CT molecular complexity index is 538. The van der Waals surface area contributed by atoms with E-state index in [0.29, 0.717) is 20.8 Å². The van der Waals surface area contributed by atoms with Crippen LogP contribution in [0.1, 0.15) is 41.5 Å². The van der Waals surface area contributed by atoms with Gasteiger partial charge in [-0.2, -0.15) is 0 Å². The van der Waals surface area contributed by atoms with Gasteiger partial charge in [-0.05, 0) is 48.4 Å². The third kappa shape index (κ3) is 6.91. The second-order valence-corrected chi connectivity index (χ2v) is 19.8. The van der Waals surface area contributed by atoms with Gasteiger partial charge in [0.25, 0.3) is 0 Å². The maximum Gasteiger partial charge on any atom is 0.979 e. The summed E-state index contributed by atoms with van der Waals surface area (Å²) in [5.41, 5.74) is 0. The van der Waals surface area contributed by atoms with Gasteiger partial charge in [0.2, 0.25) is 0 Å². The van der Waals surface area contributed by atoms with E-state index in [1.807, 2.05) is 0 Å². The van der Waals surface area contributed by atoms with Gasteiger partial charge in [-0.15, -0.1) is 0 Å². The summed E-state index contributed by atoms with van der Waals surface area (Å²) in [4.78, 5) is 0. The van der Waals surface area contributed by atoms with Crippen LogP contribution in [0, 0.1) is 0 Å². The van der Waals surface area contributed by atoms with Crippen LogP contribution >= 0.6 is 34.8 Å². The molecule has 154 valence electrons. The van der Waals surface area contributed by atoms with Crippen molar-refractivity contribution in [2.75, 3.05) is 0 Å². The second kappa shape index (κ2) is 11.8. The third-order valence-corrected chi connectivity index (χ3v) is 20.2. The first-order chi connectivity index (χ1) is 12.7. The highest BCUT2D eigenvalue weighted by atomic mass is 35.5. The van der Waals surface area contributed by atoms with Crippen LogP contribution in [0.3, 0.4) is 0 Å². The summed E-state index contributed by atoms with van der Waals surface area (Å²) in [6.07, 6.45) is 0. The van der Waals surface area contributed by atoms with Crippen LogP contribution in [-0.2, 0) is 6.96 Å². The van der Waals surface area contributed by atoms with Gasteiger partial charge in [0.1, 0.15) is 5.75 Å². The first kappa shape index (κ1) is 25.8. The summed E-state index contributed by atoms with van der Waals surface area (Å²) in [5, 5.41) is 1.27. The van der Waals surface area contributed by atoms with E-state index in [4.69, 9.17) is 45.5 Å². The number of hydrogen-bond acceptors (Lipinski definition) is 3. The van der Waals surface area contributed by atoms with Crippen molar-refractivity contribution in [1.82, 2.24) is 0 Å². The van der Waals surface area contributed by atoms with Gasteiger partial charge >= 0.3 is 15.1 Å². The maximum absolute atomic E-state index is 6.71. The van der Waals surface area contributed by atoms with E-state index in [0.717, 1.165) is 36.3 Å². The number of benzene rings is 1. The molecule has 0 aliphatic carbocycles. The number of rotatable bonds is 12. The van der Waals surface area contributed by atoms with E-state index in [2.05, 4.69) is 41.5 Å². The van der Waals surface area contributed by atoms with Crippen molar-refractivity contribution < 1.29 is 10.7 Å². The summed E-state index contributed by atoms with van der Waals surface area (Å²) < 4.78 is 19.7. The molecule has 0 aliphatic rings. The molecule has 0 atom stereocenters. The lowest BCUT2D eigenvalue weighted by atomic mass is 10.3. The molecule has 3 nitrogen and oxygen atoms in total. The Kier molecular flexibility index (Phi) is 11.3. The predicted octanol–water partition coefficient (Wildman–Crippen LogP) is 8.05. The predicted molar refractivity (Wildman–Crippen MR) is 124 cm³/mol. The van der Waals surface area contributed by atoms with Gasteiger partial charge in [-0.1, -0.05) is 76.3 Å². The molecule has 27 heavy (non-hydrogen) atoms. The van der Waals surface area contributed by atoms with Crippen LogP contribution in [0.2, 0.25) is 51.3 Å². The fourth-order valence-electron chi connectivity index (χ4n) is 3.22. The normalized spacial score (nSPS) is 12.3. The lowest BCUT2D eigenvalue weighted by molar-refractivity contribution is 0.292. The molecule has 0 fully saturated rings. The Labute approximate surface area is 187 Å². The van der Waals surface area contributed by atoms with Crippen molar-refractivity contribution in [2.45, 2.75) is 77.8 Å². The molecule has 0 saturated carbocycles. The van der Waals surface area contributed by atoms with Gasteiger partial charge in [0, 0.05) is 5.02 Å². The summed E-state index contributed by atoms with van der Waals surface area (Å²) >= 11 is 16.3. The molecule has 0 spiro atoms. The summed E-state index contributed by atoms with van der Waals surface area (Å²) in [5.74, 6) is 0.428. The van der Waals surface area contributed by atoms with E-state index < -0.39 is 31.8 Å². The standard InChI is InChI=1S/C6H3Cl3O.2C6H15OSi.Al/c7-3-1-4(8)6(10)5(9)2-3;2*1-4-8(7,5-2)6-3;/h1-2,10H;2*4-6H2,1-3H3;/q;2*-1;+3/p-1. The van der Waals surface area contributed by atoms with Crippen molar-refractivity contribution >= 4 is 66.6 Å². The minimum atomic E-state index is -2.48. The molecule has 1 rings (SSSR count). The Hall–Kier alpha value is 0.776. The molecule has 1 aromatic carbocycles. The van der Waals surface area contributed by atoms with E-state index >= 15 is 0 Å². The minimum absolute atomic E-state index is 0.394. The fraction of sp³-hybridized carbons (Fsp3) is 0.667. The Morgan fingerprint density at radius 1 is 0.704 bits per heavy atom. The minimum Gasteiger partial charge on any atom is -0.597 e. The zero-order chi connectivity index (χ0) is 20.7. The SMILES string of the molecule is CC[Si](CC)(CC)[O][Al]([O]c1c(Cl)cc(Cl)cc1Cl)[O][Si](CC)(CC)CC. The summed E-state index contributed by atoms with van der Waals surface area (Å²) in [6.45, 7) is 13.2. The molecule has 0 radical (unpaired) electrons. The molecule has 0 aromatic heterocycles. The zero-order valence-corrected chi connectivity index (χ0v) is 22.8. The van der Waals surface area contributed by atoms with E-state index in [1.165, 1.54) is 0 Å². The van der Waals surface area contributed by atoms with Gasteiger partial charge in [-0.25, -0.2) is 0 Å². The van der Waals surface area contributed by atoms with Crippen molar-refractivity contribution in [3.05, 3.63) is 27.2 Å². The Balaban J connectivity index is 3.25. The molecule has 0 amide bonds. The van der Waals surface area contributed by atoms with Gasteiger partial charge < -0.3 is 10.7 Å². The lowest BCUT2D eigenvalue weighted by Crippen LogP contribution is -2.52. The van der Waals surface area contributed by atoms with Crippen LogP contribution in [0.15, 0.2) is 12.1 Å². The molecule has 9 heteroatoms. The topological polar surface area (TPSA) is 27.7 Å². The molecular weight excluding hydrogens is 454 g/mol. The molecule has 1 aromatic rings. The van der Waals surface area contributed by atoms with Crippen LogP contribution in [0.4, 0.5) is 0 Å². The monoisotopic (exact) mass is 484 g/mol. The van der Waals surface area contributed by atoms with E-state index in [9.17, 15) is 0 Å². The van der Waals surface area contributed by atoms with Crippen molar-refractivity contribution in [2.24, 2.45) is 0 Å². The average molecular weight is 486 g/mol. The molecule has 0 heterocycles. The quantitative estimate of drug-likeness (QED) is 0.280. The fourth-order valence-corrected chi connectivity index (χ4v) is 16.0. The van der Waals surface area contributed by atoms with E-state index in [1.54, 1.807) is 12.1 Å². The van der Waals surface area contributed by atoms with Crippen molar-refractivity contribution in [3.8, 4) is 5.75 Å².